The first-order valence-electron chi connectivity index (χ1n) is 5.99. The van der Waals surface area contributed by atoms with Crippen LogP contribution < -0.4 is 10.6 Å². The van der Waals surface area contributed by atoms with Gasteiger partial charge in [0.05, 0.1) is 18.9 Å². The topological polar surface area (TPSA) is 55.0 Å². The van der Waals surface area contributed by atoms with Crippen LogP contribution in [0.2, 0.25) is 0 Å². The van der Waals surface area contributed by atoms with Crippen molar-refractivity contribution in [1.29, 1.82) is 0 Å². The van der Waals surface area contributed by atoms with Crippen LogP contribution in [0.1, 0.15) is 24.4 Å². The number of rotatable bonds is 5. The average Bonchev–Trinajstić information content (AvgIpc) is 2.88. The van der Waals surface area contributed by atoms with Gasteiger partial charge in [-0.2, -0.15) is 0 Å². The van der Waals surface area contributed by atoms with Crippen molar-refractivity contribution in [2.24, 2.45) is 5.73 Å². The molecule has 0 aliphatic heterocycles. The van der Waals surface area contributed by atoms with Gasteiger partial charge in [-0.25, -0.2) is 9.97 Å². The Morgan fingerprint density at radius 2 is 2.21 bits per heavy atom. The molecule has 0 amide bonds. The molecule has 4 nitrogen and oxygen atoms in total. The van der Waals surface area contributed by atoms with Gasteiger partial charge in [-0.3, -0.25) is 0 Å². The summed E-state index contributed by atoms with van der Waals surface area (Å²) < 4.78 is 0. The van der Waals surface area contributed by atoms with Gasteiger partial charge in [0.1, 0.15) is 16.5 Å². The van der Waals surface area contributed by atoms with Gasteiger partial charge in [0, 0.05) is 10.9 Å². The molecule has 2 aromatic heterocycles. The normalized spacial score (nSPS) is 10.7. The number of nitrogens with zero attached hydrogens (tertiary/aromatic N) is 3. The quantitative estimate of drug-likeness (QED) is 0.858. The van der Waals surface area contributed by atoms with Crippen LogP contribution in [0, 0.1) is 0 Å². The Hall–Kier alpha value is -1.53. The Balaban J connectivity index is 2.21. The summed E-state index contributed by atoms with van der Waals surface area (Å²) in [6.07, 6.45) is 3.35. The Morgan fingerprint density at radius 3 is 2.68 bits per heavy atom. The monoisotopic (exact) mass is 292 g/mol. The highest BCUT2D eigenvalue weighted by atomic mass is 32.1. The second-order valence-corrected chi connectivity index (χ2v) is 5.90. The summed E-state index contributed by atoms with van der Waals surface area (Å²) in [6, 6.07) is 4.52. The number of hydrogen-bond donors (Lipinski definition) is 1. The summed E-state index contributed by atoms with van der Waals surface area (Å²) in [7, 11) is 0. The summed E-state index contributed by atoms with van der Waals surface area (Å²) in [4.78, 5) is 12.4. The second-order valence-electron chi connectivity index (χ2n) is 4.43. The van der Waals surface area contributed by atoms with E-state index in [9.17, 15) is 0 Å². The van der Waals surface area contributed by atoms with E-state index >= 15 is 0 Å². The van der Waals surface area contributed by atoms with Crippen LogP contribution in [0.3, 0.4) is 0 Å². The van der Waals surface area contributed by atoms with Gasteiger partial charge in [-0.05, 0) is 25.3 Å². The molecule has 2 heterocycles. The SMILES string of the molecule is CC(C)N(Cc1cccs1)c1cnc(C(N)=S)cn1. The van der Waals surface area contributed by atoms with E-state index in [1.54, 1.807) is 23.7 Å². The summed E-state index contributed by atoms with van der Waals surface area (Å²) in [5.74, 6) is 0.836. The van der Waals surface area contributed by atoms with Gasteiger partial charge >= 0.3 is 0 Å². The van der Waals surface area contributed by atoms with E-state index in [4.69, 9.17) is 18.0 Å². The predicted molar refractivity (Wildman–Crippen MR) is 83.6 cm³/mol. The van der Waals surface area contributed by atoms with E-state index in [0.29, 0.717) is 11.7 Å². The molecule has 0 saturated heterocycles. The fourth-order valence-electron chi connectivity index (χ4n) is 1.70. The fraction of sp³-hybridized carbons (Fsp3) is 0.308. The Morgan fingerprint density at radius 1 is 1.42 bits per heavy atom. The first kappa shape index (κ1) is 13.9. The number of thiocarbonyl (C=S) groups is 1. The maximum Gasteiger partial charge on any atom is 0.147 e. The van der Waals surface area contributed by atoms with E-state index in [0.717, 1.165) is 12.4 Å². The van der Waals surface area contributed by atoms with Gasteiger partial charge in [0.25, 0.3) is 0 Å². The standard InChI is InChI=1S/C13H16N4S2/c1-9(2)17(8-10-4-3-5-19-10)12-7-15-11(6-16-12)13(14)18/h3-7,9H,8H2,1-2H3,(H2,14,18). The number of hydrogen-bond acceptors (Lipinski definition) is 5. The lowest BCUT2D eigenvalue weighted by Gasteiger charge is -2.27. The highest BCUT2D eigenvalue weighted by Crippen LogP contribution is 2.19. The Kier molecular flexibility index (Phi) is 4.44. The minimum atomic E-state index is 0.272. The van der Waals surface area contributed by atoms with Gasteiger partial charge in [-0.1, -0.05) is 18.3 Å². The molecule has 0 aliphatic rings. The van der Waals surface area contributed by atoms with Crippen molar-refractivity contribution in [2.75, 3.05) is 4.90 Å². The van der Waals surface area contributed by atoms with Gasteiger partial charge in [-0.15, -0.1) is 11.3 Å². The molecule has 0 aromatic carbocycles. The lowest BCUT2D eigenvalue weighted by atomic mass is 10.3. The van der Waals surface area contributed by atoms with Crippen LogP contribution in [0.25, 0.3) is 0 Å². The largest absolute Gasteiger partial charge is 0.388 e. The zero-order valence-corrected chi connectivity index (χ0v) is 12.5. The third-order valence-electron chi connectivity index (χ3n) is 2.71. The molecular weight excluding hydrogens is 276 g/mol. The number of nitrogens with two attached hydrogens (primary N) is 1. The smallest absolute Gasteiger partial charge is 0.147 e. The van der Waals surface area contributed by atoms with Crippen LogP contribution in [0.5, 0.6) is 0 Å². The van der Waals surface area contributed by atoms with E-state index in [1.807, 2.05) is 0 Å². The molecule has 0 saturated carbocycles. The molecule has 6 heteroatoms. The molecule has 0 unspecified atom stereocenters. The lowest BCUT2D eigenvalue weighted by molar-refractivity contribution is 0.675. The third kappa shape index (κ3) is 3.48. The number of thiophene rings is 1. The van der Waals surface area contributed by atoms with Crippen molar-refractivity contribution >= 4 is 34.4 Å². The van der Waals surface area contributed by atoms with Crippen molar-refractivity contribution in [1.82, 2.24) is 9.97 Å². The molecular formula is C13H16N4S2. The van der Waals surface area contributed by atoms with E-state index in [2.05, 4.69) is 46.2 Å². The molecule has 0 fully saturated rings. The van der Waals surface area contributed by atoms with E-state index in [-0.39, 0.29) is 4.99 Å². The lowest BCUT2D eigenvalue weighted by Crippen LogP contribution is -2.31. The predicted octanol–water partition coefficient (Wildman–Crippen LogP) is 2.59. The summed E-state index contributed by atoms with van der Waals surface area (Å²) in [5.41, 5.74) is 6.08. The van der Waals surface area contributed by atoms with Crippen LogP contribution in [-0.2, 0) is 6.54 Å². The molecule has 100 valence electrons. The van der Waals surface area contributed by atoms with Gasteiger partial charge in [0.15, 0.2) is 0 Å². The highest BCUT2D eigenvalue weighted by Gasteiger charge is 2.13. The van der Waals surface area contributed by atoms with Crippen molar-refractivity contribution in [2.45, 2.75) is 26.4 Å². The molecule has 0 bridgehead atoms. The summed E-state index contributed by atoms with van der Waals surface area (Å²) in [6.45, 7) is 5.10. The van der Waals surface area contributed by atoms with Crippen LogP contribution in [-0.4, -0.2) is 21.0 Å². The Labute approximate surface area is 122 Å². The first-order valence-corrected chi connectivity index (χ1v) is 7.27. The first-order chi connectivity index (χ1) is 9.08. The molecule has 0 spiro atoms. The molecule has 0 aliphatic carbocycles. The molecule has 2 aromatic rings. The van der Waals surface area contributed by atoms with Crippen LogP contribution >= 0.6 is 23.6 Å². The zero-order chi connectivity index (χ0) is 13.8. The van der Waals surface area contributed by atoms with Gasteiger partial charge < -0.3 is 10.6 Å². The zero-order valence-electron chi connectivity index (χ0n) is 10.9. The fourth-order valence-corrected chi connectivity index (χ4v) is 2.50. The van der Waals surface area contributed by atoms with Crippen molar-refractivity contribution in [3.63, 3.8) is 0 Å². The minimum absolute atomic E-state index is 0.272. The highest BCUT2D eigenvalue weighted by molar-refractivity contribution is 7.80. The number of aromatic nitrogens is 2. The van der Waals surface area contributed by atoms with Crippen molar-refractivity contribution in [3.05, 3.63) is 40.5 Å². The number of anilines is 1. The molecule has 2 N–H and O–H groups in total. The summed E-state index contributed by atoms with van der Waals surface area (Å²) >= 11 is 6.62. The second kappa shape index (κ2) is 6.08. The van der Waals surface area contributed by atoms with E-state index in [1.165, 1.54) is 4.88 Å². The Bertz CT molecular complexity index is 534. The van der Waals surface area contributed by atoms with Crippen molar-refractivity contribution < 1.29 is 0 Å². The third-order valence-corrected chi connectivity index (χ3v) is 3.78. The average molecular weight is 292 g/mol. The molecule has 0 atom stereocenters. The van der Waals surface area contributed by atoms with Gasteiger partial charge in [0.2, 0.25) is 0 Å². The molecule has 0 radical (unpaired) electrons. The minimum Gasteiger partial charge on any atom is -0.388 e. The molecule has 19 heavy (non-hydrogen) atoms. The molecule has 2 rings (SSSR count). The van der Waals surface area contributed by atoms with E-state index < -0.39 is 0 Å². The van der Waals surface area contributed by atoms with Crippen molar-refractivity contribution in [3.8, 4) is 0 Å². The van der Waals surface area contributed by atoms with Crippen LogP contribution in [0.15, 0.2) is 29.9 Å². The van der Waals surface area contributed by atoms with Crippen LogP contribution in [0.4, 0.5) is 5.82 Å². The summed E-state index contributed by atoms with van der Waals surface area (Å²) in [5, 5.41) is 2.08. The maximum atomic E-state index is 5.53. The maximum absolute atomic E-state index is 5.53.